The van der Waals surface area contributed by atoms with Crippen LogP contribution in [0.25, 0.3) is 66.1 Å². The van der Waals surface area contributed by atoms with Gasteiger partial charge in [-0.15, -0.1) is 0 Å². The highest BCUT2D eigenvalue weighted by atomic mass is 16.3. The molecular weight excluding hydrogens is 659 g/mol. The molecule has 0 N–H and O–H groups in total. The Morgan fingerprint density at radius 1 is 0.463 bits per heavy atom. The van der Waals surface area contributed by atoms with Crippen molar-refractivity contribution in [3.63, 3.8) is 0 Å². The second kappa shape index (κ2) is 14.5. The average Bonchev–Trinajstić information content (AvgIpc) is 3.63. The maximum absolute atomic E-state index is 6.39. The summed E-state index contributed by atoms with van der Waals surface area (Å²) in [5, 5.41) is 4.38. The number of rotatable bonds is 7. The van der Waals surface area contributed by atoms with Gasteiger partial charge in [0.1, 0.15) is 11.2 Å². The summed E-state index contributed by atoms with van der Waals surface area (Å²) in [6.07, 6.45) is 0. The van der Waals surface area contributed by atoms with Crippen LogP contribution >= 0.6 is 0 Å². The molecule has 0 aliphatic rings. The Morgan fingerprint density at radius 3 is 1.83 bits per heavy atom. The molecule has 0 aliphatic heterocycles. The van der Waals surface area contributed by atoms with Gasteiger partial charge in [-0.05, 0) is 74.6 Å². The molecule has 0 spiro atoms. The number of nitrogens with zero attached hydrogens (tertiary/aromatic N) is 3. The molecule has 4 heteroatoms. The van der Waals surface area contributed by atoms with E-state index in [4.69, 9.17) is 14.4 Å². The third-order valence-electron chi connectivity index (χ3n) is 9.93. The summed E-state index contributed by atoms with van der Waals surface area (Å²) in [5.41, 5.74) is 11.1. The summed E-state index contributed by atoms with van der Waals surface area (Å²) in [6, 6.07) is 64.9. The van der Waals surface area contributed by atoms with E-state index in [0.717, 1.165) is 55.3 Å². The lowest BCUT2D eigenvalue weighted by Crippen LogP contribution is -2.07. The number of hydrogen-bond donors (Lipinski definition) is 0. The van der Waals surface area contributed by atoms with Gasteiger partial charge in [-0.25, -0.2) is 9.98 Å². The molecule has 54 heavy (non-hydrogen) atoms. The van der Waals surface area contributed by atoms with E-state index in [2.05, 4.69) is 139 Å². The zero-order valence-electron chi connectivity index (χ0n) is 29.6. The second-order valence-corrected chi connectivity index (χ2v) is 13.2. The van der Waals surface area contributed by atoms with Gasteiger partial charge in [0, 0.05) is 21.9 Å². The number of aliphatic imine (C=N–C) groups is 3. The first-order valence-electron chi connectivity index (χ1n) is 18.1. The molecule has 0 radical (unpaired) electrons. The van der Waals surface area contributed by atoms with Crippen LogP contribution in [-0.4, -0.2) is 18.4 Å². The summed E-state index contributed by atoms with van der Waals surface area (Å²) in [7, 11) is 0. The van der Waals surface area contributed by atoms with Crippen LogP contribution in [-0.2, 0) is 6.54 Å². The summed E-state index contributed by atoms with van der Waals surface area (Å²) in [4.78, 5) is 15.0. The predicted molar refractivity (Wildman–Crippen MR) is 227 cm³/mol. The van der Waals surface area contributed by atoms with Crippen LogP contribution in [0.2, 0.25) is 0 Å². The Balaban J connectivity index is 1.17. The second-order valence-electron chi connectivity index (χ2n) is 13.2. The summed E-state index contributed by atoms with van der Waals surface area (Å²) in [5.74, 6) is 1.05. The van der Waals surface area contributed by atoms with Gasteiger partial charge < -0.3 is 4.42 Å². The predicted octanol–water partition coefficient (Wildman–Crippen LogP) is 12.8. The molecule has 9 rings (SSSR count). The number of amidine groups is 2. The maximum atomic E-state index is 6.39. The van der Waals surface area contributed by atoms with E-state index < -0.39 is 0 Å². The monoisotopic (exact) mass is 693 g/mol. The molecule has 1 heterocycles. The van der Waals surface area contributed by atoms with Gasteiger partial charge in [-0.3, -0.25) is 4.99 Å². The minimum absolute atomic E-state index is 0.453. The van der Waals surface area contributed by atoms with Gasteiger partial charge in [-0.2, -0.15) is 0 Å². The van der Waals surface area contributed by atoms with E-state index in [1.165, 1.54) is 27.5 Å². The van der Waals surface area contributed by atoms with Gasteiger partial charge in [0.15, 0.2) is 11.7 Å². The van der Waals surface area contributed by atoms with Gasteiger partial charge in [-0.1, -0.05) is 170 Å². The van der Waals surface area contributed by atoms with Crippen molar-refractivity contribution >= 4 is 51.1 Å². The zero-order chi connectivity index (χ0) is 36.3. The highest BCUT2D eigenvalue weighted by Gasteiger charge is 2.21. The van der Waals surface area contributed by atoms with E-state index >= 15 is 0 Å². The van der Waals surface area contributed by atoms with Crippen LogP contribution < -0.4 is 0 Å². The van der Waals surface area contributed by atoms with Crippen molar-refractivity contribution in [2.24, 2.45) is 15.0 Å². The minimum atomic E-state index is 0.453. The molecule has 8 aromatic carbocycles. The average molecular weight is 694 g/mol. The largest absolute Gasteiger partial charge is 0.456 e. The lowest BCUT2D eigenvalue weighted by molar-refractivity contribution is 0.669. The third-order valence-corrected chi connectivity index (χ3v) is 9.93. The highest BCUT2D eigenvalue weighted by Crippen LogP contribution is 2.39. The number of para-hydroxylation sites is 1. The summed E-state index contributed by atoms with van der Waals surface area (Å²) < 4.78 is 6.39. The van der Waals surface area contributed by atoms with Crippen molar-refractivity contribution in [1.82, 2.24) is 0 Å². The van der Waals surface area contributed by atoms with Crippen molar-refractivity contribution in [1.29, 1.82) is 0 Å². The van der Waals surface area contributed by atoms with Crippen LogP contribution in [0.5, 0.6) is 0 Å². The molecule has 0 unspecified atom stereocenters. The smallest absolute Gasteiger partial charge is 0.162 e. The van der Waals surface area contributed by atoms with E-state index in [9.17, 15) is 0 Å². The number of benzene rings is 8. The molecule has 1 aromatic heterocycles. The first-order valence-corrected chi connectivity index (χ1v) is 18.1. The fourth-order valence-corrected chi connectivity index (χ4v) is 7.24. The zero-order valence-corrected chi connectivity index (χ0v) is 29.6. The standard InChI is InChI=1S/C50H35N3O/c1-51-50(53-49(40-16-6-3-7-17-40)52-33-34-23-25-36(26-24-34)35-13-4-2-5-14-35)48-43(31-32-46-47(48)44-20-10-11-22-45(44)54-46)39-29-27-38(28-30-39)42-21-12-18-37-15-8-9-19-41(37)42/h2-32H,1,33H2. The summed E-state index contributed by atoms with van der Waals surface area (Å²) >= 11 is 0. The quantitative estimate of drug-likeness (QED) is 0.121. The molecule has 0 bridgehead atoms. The van der Waals surface area contributed by atoms with E-state index in [-0.39, 0.29) is 0 Å². The van der Waals surface area contributed by atoms with Crippen molar-refractivity contribution < 1.29 is 4.42 Å². The molecular formula is C50H35N3O. The van der Waals surface area contributed by atoms with E-state index in [0.29, 0.717) is 18.2 Å². The number of hydrogen-bond acceptors (Lipinski definition) is 2. The van der Waals surface area contributed by atoms with Crippen LogP contribution in [0, 0.1) is 0 Å². The van der Waals surface area contributed by atoms with Crippen molar-refractivity contribution in [2.45, 2.75) is 6.54 Å². The lowest BCUT2D eigenvalue weighted by atomic mass is 9.92. The van der Waals surface area contributed by atoms with Gasteiger partial charge >= 0.3 is 0 Å². The fourth-order valence-electron chi connectivity index (χ4n) is 7.24. The van der Waals surface area contributed by atoms with Crippen molar-refractivity contribution in [3.8, 4) is 33.4 Å². The molecule has 0 saturated carbocycles. The molecule has 0 aliphatic carbocycles. The van der Waals surface area contributed by atoms with Gasteiger partial charge in [0.2, 0.25) is 0 Å². The Morgan fingerprint density at radius 2 is 1.07 bits per heavy atom. The van der Waals surface area contributed by atoms with Crippen molar-refractivity contribution in [2.75, 3.05) is 0 Å². The molecule has 256 valence electrons. The number of fused-ring (bicyclic) bond motifs is 4. The van der Waals surface area contributed by atoms with Crippen LogP contribution in [0.1, 0.15) is 16.7 Å². The molecule has 0 fully saturated rings. The minimum Gasteiger partial charge on any atom is -0.456 e. The van der Waals surface area contributed by atoms with Crippen LogP contribution in [0.4, 0.5) is 0 Å². The SMILES string of the molecule is C=NC(=NC(=NCc1ccc(-c2ccccc2)cc1)c1ccccc1)c1c(-c2ccc(-c3cccc4ccccc34)cc2)ccc2oc3ccccc3c12. The first kappa shape index (κ1) is 32.7. The number of furan rings is 1. The van der Waals surface area contributed by atoms with Crippen molar-refractivity contribution in [3.05, 3.63) is 205 Å². The molecule has 4 nitrogen and oxygen atoms in total. The summed E-state index contributed by atoms with van der Waals surface area (Å²) in [6.45, 7) is 4.52. The Hall–Kier alpha value is -7.17. The maximum Gasteiger partial charge on any atom is 0.162 e. The first-order chi connectivity index (χ1) is 26.7. The Labute approximate surface area is 314 Å². The highest BCUT2D eigenvalue weighted by molar-refractivity contribution is 6.24. The van der Waals surface area contributed by atoms with E-state index in [1.807, 2.05) is 60.7 Å². The normalized spacial score (nSPS) is 12.1. The molecule has 0 saturated heterocycles. The fraction of sp³-hybridized carbons (Fsp3) is 0.0200. The topological polar surface area (TPSA) is 50.2 Å². The molecule has 0 atom stereocenters. The third kappa shape index (κ3) is 6.31. The molecule has 0 amide bonds. The Kier molecular flexibility index (Phi) is 8.76. The Bertz CT molecular complexity index is 2830. The van der Waals surface area contributed by atoms with E-state index in [1.54, 1.807) is 0 Å². The van der Waals surface area contributed by atoms with Gasteiger partial charge in [0.25, 0.3) is 0 Å². The lowest BCUT2D eigenvalue weighted by Gasteiger charge is -2.13. The van der Waals surface area contributed by atoms with Gasteiger partial charge in [0.05, 0.1) is 6.54 Å². The van der Waals surface area contributed by atoms with Crippen LogP contribution in [0.3, 0.4) is 0 Å². The molecule has 9 aromatic rings. The van der Waals surface area contributed by atoms with Crippen LogP contribution in [0.15, 0.2) is 207 Å².